The van der Waals surface area contributed by atoms with Crippen LogP contribution in [0, 0.1) is 17.5 Å². The molecule has 0 atom stereocenters. The molecule has 1 aromatic carbocycles. The predicted molar refractivity (Wildman–Crippen MR) is 82.5 cm³/mol. The lowest BCUT2D eigenvalue weighted by Crippen LogP contribution is -2.43. The van der Waals surface area contributed by atoms with E-state index < -0.39 is 38.9 Å². The number of carbonyl (C=O) groups is 1. The van der Waals surface area contributed by atoms with Crippen molar-refractivity contribution in [1.82, 2.24) is 9.62 Å². The molecular weight excluding hydrogens is 345 g/mol. The minimum atomic E-state index is -3.43. The molecule has 0 bridgehead atoms. The van der Waals surface area contributed by atoms with E-state index in [1.807, 2.05) is 0 Å². The topological polar surface area (TPSA) is 66.5 Å². The van der Waals surface area contributed by atoms with Crippen LogP contribution in [0.2, 0.25) is 0 Å². The van der Waals surface area contributed by atoms with Gasteiger partial charge in [-0.05, 0) is 25.0 Å². The molecule has 0 heterocycles. The largest absolute Gasteiger partial charge is 0.351 e. The first-order chi connectivity index (χ1) is 11.2. The summed E-state index contributed by atoms with van der Waals surface area (Å²) in [6.45, 7) is -0.0125. The van der Waals surface area contributed by atoms with Crippen molar-refractivity contribution in [1.29, 1.82) is 0 Å². The monoisotopic (exact) mass is 364 g/mol. The summed E-state index contributed by atoms with van der Waals surface area (Å²) in [6.07, 6.45) is 4.52. The number of amides is 1. The van der Waals surface area contributed by atoms with Crippen molar-refractivity contribution >= 4 is 15.9 Å². The highest BCUT2D eigenvalue weighted by Gasteiger charge is 2.29. The van der Waals surface area contributed by atoms with Crippen LogP contribution in [0.5, 0.6) is 0 Å². The van der Waals surface area contributed by atoms with Gasteiger partial charge in [0.25, 0.3) is 5.91 Å². The first-order valence-electron chi connectivity index (χ1n) is 7.60. The molecule has 0 radical (unpaired) electrons. The average molecular weight is 364 g/mol. The highest BCUT2D eigenvalue weighted by Crippen LogP contribution is 2.25. The molecule has 0 aliphatic heterocycles. The molecule has 1 N–H and O–H groups in total. The SMILES string of the molecule is CS(=O)(=O)N(CCNC(=O)c1ccc(F)c(F)c1F)C1CCCC1. The molecular formula is C15H19F3N2O3S. The number of hydrogen-bond acceptors (Lipinski definition) is 3. The van der Waals surface area contributed by atoms with Crippen molar-refractivity contribution in [2.75, 3.05) is 19.3 Å². The molecule has 0 aromatic heterocycles. The Labute approximate surface area is 138 Å². The first-order valence-corrected chi connectivity index (χ1v) is 9.45. The highest BCUT2D eigenvalue weighted by molar-refractivity contribution is 7.88. The second kappa shape index (κ2) is 7.52. The number of halogens is 3. The third-order valence-corrected chi connectivity index (χ3v) is 5.39. The van der Waals surface area contributed by atoms with Crippen LogP contribution in [-0.4, -0.2) is 44.0 Å². The predicted octanol–water partition coefficient (Wildman–Crippen LogP) is 2.04. The Hall–Kier alpha value is -1.61. The molecule has 1 aliphatic carbocycles. The maximum Gasteiger partial charge on any atom is 0.254 e. The summed E-state index contributed by atoms with van der Waals surface area (Å²) in [5.74, 6) is -5.59. The molecule has 5 nitrogen and oxygen atoms in total. The van der Waals surface area contributed by atoms with E-state index >= 15 is 0 Å². The van der Waals surface area contributed by atoms with E-state index in [0.29, 0.717) is 6.07 Å². The molecule has 1 saturated carbocycles. The Kier molecular flexibility index (Phi) is 5.87. The van der Waals surface area contributed by atoms with E-state index in [2.05, 4.69) is 5.32 Å². The van der Waals surface area contributed by atoms with Crippen LogP contribution in [0.3, 0.4) is 0 Å². The minimum absolute atomic E-state index is 0.0422. The van der Waals surface area contributed by atoms with Crippen molar-refractivity contribution in [3.05, 3.63) is 35.1 Å². The zero-order chi connectivity index (χ0) is 17.9. The molecule has 1 aromatic rings. The fourth-order valence-electron chi connectivity index (χ4n) is 2.89. The second-order valence-corrected chi connectivity index (χ2v) is 7.73. The lowest BCUT2D eigenvalue weighted by atomic mass is 10.2. The number of rotatable bonds is 6. The Morgan fingerprint density at radius 1 is 1.21 bits per heavy atom. The van der Waals surface area contributed by atoms with Crippen LogP contribution < -0.4 is 5.32 Å². The van der Waals surface area contributed by atoms with Crippen molar-refractivity contribution in [3.63, 3.8) is 0 Å². The molecule has 1 aliphatic rings. The second-order valence-electron chi connectivity index (χ2n) is 5.79. The maximum atomic E-state index is 13.6. The van der Waals surface area contributed by atoms with Gasteiger partial charge in [-0.1, -0.05) is 12.8 Å². The summed E-state index contributed by atoms with van der Waals surface area (Å²) < 4.78 is 64.6. The molecule has 2 rings (SSSR count). The van der Waals surface area contributed by atoms with Gasteiger partial charge in [-0.15, -0.1) is 0 Å². The smallest absolute Gasteiger partial charge is 0.254 e. The average Bonchev–Trinajstić information content (AvgIpc) is 3.01. The number of nitrogens with one attached hydrogen (secondary N) is 1. The number of carbonyl (C=O) groups excluding carboxylic acids is 1. The number of benzene rings is 1. The highest BCUT2D eigenvalue weighted by atomic mass is 32.2. The zero-order valence-corrected chi connectivity index (χ0v) is 14.0. The van der Waals surface area contributed by atoms with Crippen LogP contribution >= 0.6 is 0 Å². The maximum absolute atomic E-state index is 13.6. The summed E-state index contributed by atoms with van der Waals surface area (Å²) >= 11 is 0. The third-order valence-electron chi connectivity index (χ3n) is 4.06. The van der Waals surface area contributed by atoms with Gasteiger partial charge in [0, 0.05) is 19.1 Å². The van der Waals surface area contributed by atoms with Gasteiger partial charge in [-0.2, -0.15) is 4.31 Å². The molecule has 0 spiro atoms. The van der Waals surface area contributed by atoms with Crippen molar-refractivity contribution < 1.29 is 26.4 Å². The van der Waals surface area contributed by atoms with Crippen molar-refractivity contribution in [2.24, 2.45) is 0 Å². The Balaban J connectivity index is 1.99. The number of hydrogen-bond donors (Lipinski definition) is 1. The molecule has 0 saturated heterocycles. The molecule has 1 amide bonds. The lowest BCUT2D eigenvalue weighted by molar-refractivity contribution is 0.0945. The van der Waals surface area contributed by atoms with Crippen molar-refractivity contribution in [3.8, 4) is 0 Å². The van der Waals surface area contributed by atoms with Crippen LogP contribution in [0.25, 0.3) is 0 Å². The fourth-order valence-corrected chi connectivity index (χ4v) is 4.06. The summed E-state index contributed by atoms with van der Waals surface area (Å²) in [6, 6.07) is 1.40. The molecule has 24 heavy (non-hydrogen) atoms. The van der Waals surface area contributed by atoms with E-state index in [0.717, 1.165) is 38.0 Å². The summed E-state index contributed by atoms with van der Waals surface area (Å²) in [4.78, 5) is 11.9. The Morgan fingerprint density at radius 2 is 1.83 bits per heavy atom. The minimum Gasteiger partial charge on any atom is -0.351 e. The van der Waals surface area contributed by atoms with Crippen LogP contribution in [0.4, 0.5) is 13.2 Å². The van der Waals surface area contributed by atoms with Gasteiger partial charge in [0.05, 0.1) is 11.8 Å². The van der Waals surface area contributed by atoms with Crippen molar-refractivity contribution in [2.45, 2.75) is 31.7 Å². The number of nitrogens with zero attached hydrogens (tertiary/aromatic N) is 1. The summed E-state index contributed by atoms with van der Waals surface area (Å²) in [7, 11) is -3.43. The van der Waals surface area contributed by atoms with Gasteiger partial charge in [-0.3, -0.25) is 4.79 Å². The van der Waals surface area contributed by atoms with Gasteiger partial charge in [0.2, 0.25) is 10.0 Å². The van der Waals surface area contributed by atoms with E-state index in [9.17, 15) is 26.4 Å². The molecule has 9 heteroatoms. The van der Waals surface area contributed by atoms with Crippen LogP contribution in [0.15, 0.2) is 12.1 Å². The third kappa shape index (κ3) is 4.27. The van der Waals surface area contributed by atoms with E-state index in [-0.39, 0.29) is 19.1 Å². The lowest BCUT2D eigenvalue weighted by Gasteiger charge is -2.26. The van der Waals surface area contributed by atoms with Crippen LogP contribution in [0.1, 0.15) is 36.0 Å². The fraction of sp³-hybridized carbons (Fsp3) is 0.533. The summed E-state index contributed by atoms with van der Waals surface area (Å²) in [5, 5.41) is 2.34. The van der Waals surface area contributed by atoms with Gasteiger partial charge >= 0.3 is 0 Å². The number of sulfonamides is 1. The Bertz CT molecular complexity index is 719. The molecule has 134 valence electrons. The van der Waals surface area contributed by atoms with Gasteiger partial charge in [0.15, 0.2) is 17.5 Å². The van der Waals surface area contributed by atoms with E-state index in [4.69, 9.17) is 0 Å². The normalized spacial score (nSPS) is 15.9. The summed E-state index contributed by atoms with van der Waals surface area (Å²) in [5.41, 5.74) is -0.624. The van der Waals surface area contributed by atoms with E-state index in [1.165, 1.54) is 4.31 Å². The molecule has 0 unspecified atom stereocenters. The molecule has 1 fully saturated rings. The van der Waals surface area contributed by atoms with E-state index in [1.54, 1.807) is 0 Å². The van der Waals surface area contributed by atoms with Gasteiger partial charge in [-0.25, -0.2) is 21.6 Å². The quantitative estimate of drug-likeness (QED) is 0.786. The van der Waals surface area contributed by atoms with Gasteiger partial charge in [0.1, 0.15) is 0 Å². The zero-order valence-electron chi connectivity index (χ0n) is 13.2. The first kappa shape index (κ1) is 18.7. The standard InChI is InChI=1S/C15H19F3N2O3S/c1-24(22,23)20(10-4-2-3-5-10)9-8-19-15(21)11-6-7-12(16)14(18)13(11)17/h6-7,10H,2-5,8-9H2,1H3,(H,19,21). The Morgan fingerprint density at radius 3 is 2.42 bits per heavy atom. The van der Waals surface area contributed by atoms with Crippen LogP contribution in [-0.2, 0) is 10.0 Å². The van der Waals surface area contributed by atoms with Gasteiger partial charge < -0.3 is 5.32 Å².